The molecule has 0 aliphatic carbocycles. The molecule has 3 heterocycles. The van der Waals surface area contributed by atoms with Gasteiger partial charge in [-0.2, -0.15) is 0 Å². The Morgan fingerprint density at radius 2 is 1.64 bits per heavy atom. The molecule has 1 spiro atoms. The number of likely N-dealkylation sites (tertiary alicyclic amines) is 2. The van der Waals surface area contributed by atoms with Crippen molar-refractivity contribution in [1.82, 2.24) is 9.80 Å². The second kappa shape index (κ2) is 9.32. The summed E-state index contributed by atoms with van der Waals surface area (Å²) in [5.41, 5.74) is 1.98. The van der Waals surface area contributed by atoms with Gasteiger partial charge >= 0.3 is 0 Å². The summed E-state index contributed by atoms with van der Waals surface area (Å²) in [4.78, 5) is 16.7. The largest absolute Gasteiger partial charge is 0.486 e. The number of fused-ring (bicyclic) bond motifs is 1. The summed E-state index contributed by atoms with van der Waals surface area (Å²) in [6.07, 6.45) is 3.05. The number of ether oxygens (including phenoxy) is 2. The van der Waals surface area contributed by atoms with Crippen molar-refractivity contribution in [2.45, 2.75) is 19.3 Å². The molecule has 2 fully saturated rings. The fourth-order valence-electron chi connectivity index (χ4n) is 4.75. The van der Waals surface area contributed by atoms with E-state index in [4.69, 9.17) is 21.7 Å². The molecule has 0 bridgehead atoms. The van der Waals surface area contributed by atoms with Crippen molar-refractivity contribution < 1.29 is 14.3 Å². The third-order valence-corrected chi connectivity index (χ3v) is 7.08. The Kier molecular flexibility index (Phi) is 6.10. The van der Waals surface area contributed by atoms with E-state index in [9.17, 15) is 4.79 Å². The van der Waals surface area contributed by atoms with E-state index in [1.54, 1.807) is 0 Å². The Balaban J connectivity index is 1.14. The Hall–Kier alpha value is -3.24. The van der Waals surface area contributed by atoms with Crippen LogP contribution in [0.2, 0.25) is 0 Å². The Morgan fingerprint density at radius 3 is 2.39 bits per heavy atom. The number of nitrogens with zero attached hydrogens (tertiary/aromatic N) is 2. The van der Waals surface area contributed by atoms with Gasteiger partial charge in [0.1, 0.15) is 13.2 Å². The summed E-state index contributed by atoms with van der Waals surface area (Å²) in [6, 6.07) is 15.5. The van der Waals surface area contributed by atoms with Crippen molar-refractivity contribution >= 4 is 28.9 Å². The molecule has 0 aromatic heterocycles. The van der Waals surface area contributed by atoms with Crippen molar-refractivity contribution in [3.63, 3.8) is 0 Å². The number of hydrogen-bond acceptors (Lipinski definition) is 4. The highest BCUT2D eigenvalue weighted by Crippen LogP contribution is 2.41. The smallest absolute Gasteiger partial charge is 0.298 e. The van der Waals surface area contributed by atoms with Gasteiger partial charge < -0.3 is 24.6 Å². The minimum atomic E-state index is -0.0839. The third-order valence-electron chi connectivity index (χ3n) is 6.72. The van der Waals surface area contributed by atoms with Crippen molar-refractivity contribution in [2.24, 2.45) is 5.41 Å². The molecule has 0 radical (unpaired) electrons. The second-order valence-electron chi connectivity index (χ2n) is 8.87. The van der Waals surface area contributed by atoms with E-state index in [1.807, 2.05) is 53.4 Å². The summed E-state index contributed by atoms with van der Waals surface area (Å²) in [5, 5.41) is 4.09. The molecule has 2 aromatic rings. The van der Waals surface area contributed by atoms with E-state index in [0.29, 0.717) is 13.2 Å². The lowest BCUT2D eigenvalue weighted by molar-refractivity contribution is -0.127. The maximum atomic E-state index is 12.5. The van der Waals surface area contributed by atoms with Gasteiger partial charge in [-0.25, -0.2) is 0 Å². The molecular formula is C26H27N3O3S. The molecular weight excluding hydrogens is 434 g/mol. The average molecular weight is 462 g/mol. The van der Waals surface area contributed by atoms with Crippen LogP contribution in [0.4, 0.5) is 5.69 Å². The van der Waals surface area contributed by atoms with Crippen LogP contribution < -0.4 is 14.8 Å². The number of benzene rings is 2. The normalized spacial score (nSPS) is 18.4. The lowest BCUT2D eigenvalue weighted by Gasteiger charge is -2.38. The maximum absolute atomic E-state index is 12.5. The van der Waals surface area contributed by atoms with E-state index in [1.165, 1.54) is 0 Å². The van der Waals surface area contributed by atoms with Crippen LogP contribution in [-0.2, 0) is 4.79 Å². The molecule has 6 nitrogen and oxygen atoms in total. The van der Waals surface area contributed by atoms with Crippen molar-refractivity contribution in [3.8, 4) is 23.3 Å². The van der Waals surface area contributed by atoms with E-state index in [0.717, 1.165) is 73.3 Å². The fourth-order valence-corrected chi connectivity index (χ4v) is 5.02. The lowest BCUT2D eigenvalue weighted by Crippen LogP contribution is -2.44. The number of thiocarbonyl (C=S) groups is 1. The topological polar surface area (TPSA) is 54.0 Å². The van der Waals surface area contributed by atoms with Gasteiger partial charge in [-0.3, -0.25) is 4.79 Å². The summed E-state index contributed by atoms with van der Waals surface area (Å²) in [5.74, 6) is 7.21. The number of hydrogen-bond donors (Lipinski definition) is 1. The summed E-state index contributed by atoms with van der Waals surface area (Å²) >= 11 is 5.71. The summed E-state index contributed by atoms with van der Waals surface area (Å²) in [6.45, 7) is 4.49. The molecule has 1 N–H and O–H groups in total. The van der Waals surface area contributed by atoms with E-state index in [2.05, 4.69) is 22.1 Å². The maximum Gasteiger partial charge on any atom is 0.298 e. The highest BCUT2D eigenvalue weighted by atomic mass is 32.1. The number of amides is 1. The minimum absolute atomic E-state index is 0.0839. The summed E-state index contributed by atoms with van der Waals surface area (Å²) in [7, 11) is 0. The predicted molar refractivity (Wildman–Crippen MR) is 131 cm³/mol. The SMILES string of the molecule is O=C(C#Cc1ccccc1)N1CCC2(CC1)CCN(C(=S)Nc1ccc3c(c1)OCCO3)C2. The van der Waals surface area contributed by atoms with E-state index in [-0.39, 0.29) is 11.3 Å². The van der Waals surface area contributed by atoms with E-state index >= 15 is 0 Å². The van der Waals surface area contributed by atoms with Gasteiger partial charge in [0.25, 0.3) is 5.91 Å². The highest BCUT2D eigenvalue weighted by molar-refractivity contribution is 7.80. The average Bonchev–Trinajstić information content (AvgIpc) is 3.27. The van der Waals surface area contributed by atoms with Gasteiger partial charge in [-0.15, -0.1) is 0 Å². The summed E-state index contributed by atoms with van der Waals surface area (Å²) < 4.78 is 11.3. The van der Waals surface area contributed by atoms with Crippen LogP contribution in [0.5, 0.6) is 11.5 Å². The van der Waals surface area contributed by atoms with Gasteiger partial charge in [0.05, 0.1) is 0 Å². The number of anilines is 1. The van der Waals surface area contributed by atoms with Crippen LogP contribution in [0.25, 0.3) is 0 Å². The van der Waals surface area contributed by atoms with Crippen LogP contribution in [-0.4, -0.2) is 60.2 Å². The van der Waals surface area contributed by atoms with Crippen molar-refractivity contribution in [3.05, 3.63) is 54.1 Å². The minimum Gasteiger partial charge on any atom is -0.486 e. The molecule has 0 atom stereocenters. The number of piperidine rings is 1. The van der Waals surface area contributed by atoms with Gasteiger partial charge in [0, 0.05) is 49.4 Å². The molecule has 3 aliphatic heterocycles. The zero-order valence-electron chi connectivity index (χ0n) is 18.5. The first-order valence-corrected chi connectivity index (χ1v) is 11.8. The number of carbonyl (C=O) groups excluding carboxylic acids is 1. The predicted octanol–water partition coefficient (Wildman–Crippen LogP) is 3.52. The lowest BCUT2D eigenvalue weighted by atomic mass is 9.78. The van der Waals surface area contributed by atoms with Crippen LogP contribution in [0, 0.1) is 17.3 Å². The number of carbonyl (C=O) groups is 1. The zero-order chi connectivity index (χ0) is 22.7. The molecule has 33 heavy (non-hydrogen) atoms. The van der Waals surface area contributed by atoms with Crippen LogP contribution in [0.1, 0.15) is 24.8 Å². The Bertz CT molecular complexity index is 1100. The van der Waals surface area contributed by atoms with Gasteiger partial charge in [0.15, 0.2) is 16.6 Å². The third kappa shape index (κ3) is 4.91. The molecule has 5 rings (SSSR count). The van der Waals surface area contributed by atoms with Crippen LogP contribution in [0.3, 0.4) is 0 Å². The Morgan fingerprint density at radius 1 is 0.939 bits per heavy atom. The highest BCUT2D eigenvalue weighted by Gasteiger charge is 2.42. The standard InChI is InChI=1S/C26H27N3O3S/c30-24(9-6-20-4-2-1-3-5-20)28-13-10-26(11-14-28)12-15-29(19-26)25(33)27-21-7-8-22-23(18-21)32-17-16-31-22/h1-5,7-8,18H,10-17,19H2,(H,27,33). The molecule has 0 unspecified atom stereocenters. The first-order valence-electron chi connectivity index (χ1n) is 11.4. The molecule has 0 saturated carbocycles. The van der Waals surface area contributed by atoms with Crippen molar-refractivity contribution in [1.29, 1.82) is 0 Å². The number of nitrogens with one attached hydrogen (secondary N) is 1. The second-order valence-corrected chi connectivity index (χ2v) is 9.26. The van der Waals surface area contributed by atoms with Gasteiger partial charge in [0.2, 0.25) is 0 Å². The first-order chi connectivity index (χ1) is 16.1. The van der Waals surface area contributed by atoms with Crippen LogP contribution in [0.15, 0.2) is 48.5 Å². The monoisotopic (exact) mass is 461 g/mol. The zero-order valence-corrected chi connectivity index (χ0v) is 19.3. The van der Waals surface area contributed by atoms with Crippen LogP contribution >= 0.6 is 12.2 Å². The molecule has 1 amide bonds. The van der Waals surface area contributed by atoms with Gasteiger partial charge in [-0.05, 0) is 61.2 Å². The first kappa shape index (κ1) is 21.6. The molecule has 3 aliphatic rings. The molecule has 2 aromatic carbocycles. The fraction of sp³-hybridized carbons (Fsp3) is 0.385. The van der Waals surface area contributed by atoms with E-state index < -0.39 is 0 Å². The number of rotatable bonds is 1. The molecule has 7 heteroatoms. The Labute approximate surface area is 199 Å². The quantitative estimate of drug-likeness (QED) is 0.518. The van der Waals surface area contributed by atoms with Crippen molar-refractivity contribution in [2.75, 3.05) is 44.7 Å². The molecule has 2 saturated heterocycles. The molecule has 170 valence electrons. The van der Waals surface area contributed by atoms with Gasteiger partial charge in [-0.1, -0.05) is 24.1 Å².